The minimum atomic E-state index is -1.09. The summed E-state index contributed by atoms with van der Waals surface area (Å²) in [5, 5.41) is 12.1. The molecular formula is C14H17N3O3. The van der Waals surface area contributed by atoms with Crippen molar-refractivity contribution in [1.82, 2.24) is 10.3 Å². The molecular weight excluding hydrogens is 258 g/mol. The summed E-state index contributed by atoms with van der Waals surface area (Å²) in [7, 11) is 0. The summed E-state index contributed by atoms with van der Waals surface area (Å²) < 4.78 is 0. The van der Waals surface area contributed by atoms with Crippen molar-refractivity contribution in [2.45, 2.75) is 25.4 Å². The molecule has 0 spiro atoms. The van der Waals surface area contributed by atoms with Crippen LogP contribution < -0.4 is 11.1 Å². The van der Waals surface area contributed by atoms with Crippen molar-refractivity contribution < 1.29 is 14.7 Å². The van der Waals surface area contributed by atoms with E-state index in [1.54, 1.807) is 0 Å². The standard InChI is InChI=1S/C14H17N3O3/c1-8(14(19)20)17-13(18)11(15)6-9-7-16-12-5-3-2-4-10(9)12/h2-5,7-8,11,16H,6,15H2,1H3,(H,17,18)(H,19,20)/t8?,11-/m0/s1. The largest absolute Gasteiger partial charge is 0.480 e. The molecule has 1 unspecified atom stereocenters. The molecule has 2 aromatic rings. The van der Waals surface area contributed by atoms with Crippen LogP contribution in [0, 0.1) is 0 Å². The summed E-state index contributed by atoms with van der Waals surface area (Å²) >= 11 is 0. The Morgan fingerprint density at radius 2 is 2.10 bits per heavy atom. The number of carboxylic acids is 1. The molecule has 0 saturated heterocycles. The van der Waals surface area contributed by atoms with Gasteiger partial charge in [-0.2, -0.15) is 0 Å². The van der Waals surface area contributed by atoms with Crippen LogP contribution in [0.2, 0.25) is 0 Å². The minimum Gasteiger partial charge on any atom is -0.480 e. The number of aliphatic carboxylic acids is 1. The highest BCUT2D eigenvalue weighted by atomic mass is 16.4. The first-order valence-corrected chi connectivity index (χ1v) is 6.33. The van der Waals surface area contributed by atoms with Crippen LogP contribution >= 0.6 is 0 Å². The topological polar surface area (TPSA) is 108 Å². The zero-order valence-corrected chi connectivity index (χ0v) is 11.1. The highest BCUT2D eigenvalue weighted by molar-refractivity contribution is 5.88. The lowest BCUT2D eigenvalue weighted by atomic mass is 10.0. The Labute approximate surface area is 116 Å². The molecule has 0 aliphatic rings. The third-order valence-corrected chi connectivity index (χ3v) is 3.18. The van der Waals surface area contributed by atoms with Crippen LogP contribution in [0.15, 0.2) is 30.5 Å². The first kappa shape index (κ1) is 14.1. The maximum Gasteiger partial charge on any atom is 0.325 e. The highest BCUT2D eigenvalue weighted by Crippen LogP contribution is 2.18. The number of carbonyl (C=O) groups excluding carboxylic acids is 1. The summed E-state index contributed by atoms with van der Waals surface area (Å²) in [5.74, 6) is -1.55. The SMILES string of the molecule is CC(NC(=O)[C@@H](N)Cc1c[nH]c2ccccc12)C(=O)O. The third kappa shape index (κ3) is 2.97. The van der Waals surface area contributed by atoms with Gasteiger partial charge in [0.15, 0.2) is 0 Å². The van der Waals surface area contributed by atoms with Crippen LogP contribution in [0.25, 0.3) is 10.9 Å². The van der Waals surface area contributed by atoms with Gasteiger partial charge in [-0.25, -0.2) is 0 Å². The molecule has 0 saturated carbocycles. The average molecular weight is 275 g/mol. The third-order valence-electron chi connectivity index (χ3n) is 3.18. The molecule has 0 radical (unpaired) electrons. The molecule has 1 aromatic heterocycles. The second-order valence-corrected chi connectivity index (χ2v) is 4.74. The van der Waals surface area contributed by atoms with E-state index in [2.05, 4.69) is 10.3 Å². The van der Waals surface area contributed by atoms with Crippen LogP contribution in [-0.2, 0) is 16.0 Å². The van der Waals surface area contributed by atoms with Crippen molar-refractivity contribution in [3.8, 4) is 0 Å². The van der Waals surface area contributed by atoms with Gasteiger partial charge in [-0.1, -0.05) is 18.2 Å². The van der Waals surface area contributed by atoms with Crippen LogP contribution in [-0.4, -0.2) is 34.1 Å². The van der Waals surface area contributed by atoms with Gasteiger partial charge < -0.3 is 21.1 Å². The van der Waals surface area contributed by atoms with Crippen LogP contribution in [0.4, 0.5) is 0 Å². The smallest absolute Gasteiger partial charge is 0.325 e. The molecule has 0 aliphatic carbocycles. The lowest BCUT2D eigenvalue weighted by Gasteiger charge is -2.14. The maximum atomic E-state index is 11.8. The number of carboxylic acid groups (broad SMARTS) is 1. The number of hydrogen-bond donors (Lipinski definition) is 4. The second-order valence-electron chi connectivity index (χ2n) is 4.74. The van der Waals surface area contributed by atoms with Gasteiger partial charge in [0, 0.05) is 17.1 Å². The number of nitrogens with one attached hydrogen (secondary N) is 2. The molecule has 5 N–H and O–H groups in total. The molecule has 20 heavy (non-hydrogen) atoms. The predicted molar refractivity (Wildman–Crippen MR) is 75.2 cm³/mol. The van der Waals surface area contributed by atoms with E-state index in [1.165, 1.54) is 6.92 Å². The van der Waals surface area contributed by atoms with Gasteiger partial charge in [0.2, 0.25) is 5.91 Å². The number of aromatic nitrogens is 1. The first-order chi connectivity index (χ1) is 9.49. The molecule has 0 fully saturated rings. The number of rotatable bonds is 5. The fourth-order valence-corrected chi connectivity index (χ4v) is 2.01. The molecule has 1 heterocycles. The predicted octanol–water partition coefficient (Wildman–Crippen LogP) is 0.627. The van der Waals surface area contributed by atoms with Gasteiger partial charge in [0.1, 0.15) is 6.04 Å². The molecule has 0 bridgehead atoms. The number of H-pyrrole nitrogens is 1. The first-order valence-electron chi connectivity index (χ1n) is 6.33. The second kappa shape index (κ2) is 5.75. The Morgan fingerprint density at radius 3 is 2.80 bits per heavy atom. The number of benzene rings is 1. The number of carbonyl (C=O) groups is 2. The fourth-order valence-electron chi connectivity index (χ4n) is 2.01. The van der Waals surface area contributed by atoms with Gasteiger partial charge in [-0.15, -0.1) is 0 Å². The Morgan fingerprint density at radius 1 is 1.40 bits per heavy atom. The van der Waals surface area contributed by atoms with Crippen molar-refractivity contribution in [2.24, 2.45) is 5.73 Å². The summed E-state index contributed by atoms with van der Waals surface area (Å²) in [6, 6.07) is 6.00. The zero-order chi connectivity index (χ0) is 14.7. The van der Waals surface area contributed by atoms with Crippen molar-refractivity contribution in [3.05, 3.63) is 36.0 Å². The van der Waals surface area contributed by atoms with Crippen LogP contribution in [0.5, 0.6) is 0 Å². The van der Waals surface area contributed by atoms with Crippen LogP contribution in [0.3, 0.4) is 0 Å². The molecule has 6 nitrogen and oxygen atoms in total. The van der Waals surface area contributed by atoms with Gasteiger partial charge in [-0.3, -0.25) is 9.59 Å². The number of para-hydroxylation sites is 1. The number of fused-ring (bicyclic) bond motifs is 1. The van der Waals surface area contributed by atoms with Gasteiger partial charge in [0.05, 0.1) is 6.04 Å². The fraction of sp³-hybridized carbons (Fsp3) is 0.286. The highest BCUT2D eigenvalue weighted by Gasteiger charge is 2.20. The lowest BCUT2D eigenvalue weighted by molar-refractivity contribution is -0.141. The van der Waals surface area contributed by atoms with Crippen molar-refractivity contribution in [1.29, 1.82) is 0 Å². The zero-order valence-electron chi connectivity index (χ0n) is 11.1. The molecule has 2 rings (SSSR count). The van der Waals surface area contributed by atoms with Crippen molar-refractivity contribution in [3.63, 3.8) is 0 Å². The number of amides is 1. The molecule has 0 aliphatic heterocycles. The minimum absolute atomic E-state index is 0.349. The van der Waals surface area contributed by atoms with E-state index >= 15 is 0 Å². The van der Waals surface area contributed by atoms with E-state index in [9.17, 15) is 9.59 Å². The number of aromatic amines is 1. The molecule has 106 valence electrons. The van der Waals surface area contributed by atoms with Crippen LogP contribution in [0.1, 0.15) is 12.5 Å². The Bertz CT molecular complexity index is 635. The van der Waals surface area contributed by atoms with E-state index in [0.717, 1.165) is 16.5 Å². The normalized spacial score (nSPS) is 13.9. The van der Waals surface area contributed by atoms with E-state index in [-0.39, 0.29) is 0 Å². The van der Waals surface area contributed by atoms with Gasteiger partial charge in [-0.05, 0) is 25.0 Å². The molecule has 1 aromatic carbocycles. The summed E-state index contributed by atoms with van der Waals surface area (Å²) in [6.45, 7) is 1.40. The number of nitrogens with two attached hydrogens (primary N) is 1. The monoisotopic (exact) mass is 275 g/mol. The van der Waals surface area contributed by atoms with Gasteiger partial charge >= 0.3 is 5.97 Å². The number of hydrogen-bond acceptors (Lipinski definition) is 3. The van der Waals surface area contributed by atoms with Crippen molar-refractivity contribution in [2.75, 3.05) is 0 Å². The Hall–Kier alpha value is -2.34. The van der Waals surface area contributed by atoms with E-state index in [1.807, 2.05) is 30.5 Å². The van der Waals surface area contributed by atoms with Gasteiger partial charge in [0.25, 0.3) is 0 Å². The summed E-state index contributed by atoms with van der Waals surface area (Å²) in [5.41, 5.74) is 7.75. The Kier molecular flexibility index (Phi) is 4.05. The quantitative estimate of drug-likeness (QED) is 0.641. The summed E-state index contributed by atoms with van der Waals surface area (Å²) in [4.78, 5) is 25.6. The molecule has 2 atom stereocenters. The van der Waals surface area contributed by atoms with E-state index < -0.39 is 24.0 Å². The van der Waals surface area contributed by atoms with E-state index in [0.29, 0.717) is 6.42 Å². The average Bonchev–Trinajstić information content (AvgIpc) is 2.82. The van der Waals surface area contributed by atoms with E-state index in [4.69, 9.17) is 10.8 Å². The maximum absolute atomic E-state index is 11.8. The van der Waals surface area contributed by atoms with Crippen molar-refractivity contribution >= 4 is 22.8 Å². The summed E-state index contributed by atoms with van der Waals surface area (Å²) in [6.07, 6.45) is 2.17. The lowest BCUT2D eigenvalue weighted by Crippen LogP contribution is -2.47. The molecule has 1 amide bonds. The Balaban J connectivity index is 2.06. The molecule has 6 heteroatoms.